The molecule has 0 aliphatic heterocycles. The molecule has 1 fully saturated rings. The van der Waals surface area contributed by atoms with Crippen molar-refractivity contribution in [2.75, 3.05) is 0 Å². The molecule has 2 aromatic rings. The average molecular weight is 247 g/mol. The number of aliphatic carboxylic acids is 1. The summed E-state index contributed by atoms with van der Waals surface area (Å²) in [5, 5.41) is 10.3. The fraction of sp³-hybridized carbons (Fsp3) is 0.385. The van der Waals surface area contributed by atoms with Crippen LogP contribution in [0.4, 0.5) is 0 Å². The van der Waals surface area contributed by atoms with Crippen LogP contribution in [0.25, 0.3) is 10.2 Å². The van der Waals surface area contributed by atoms with Gasteiger partial charge in [-0.15, -0.1) is 11.3 Å². The molecule has 1 N–H and O–H groups in total. The third-order valence-corrected chi connectivity index (χ3v) is 4.41. The van der Waals surface area contributed by atoms with E-state index in [0.29, 0.717) is 5.92 Å². The molecule has 1 aromatic heterocycles. The number of rotatable bonds is 3. The number of fused-ring (bicyclic) bond motifs is 1. The summed E-state index contributed by atoms with van der Waals surface area (Å²) in [6.45, 7) is 1.72. The molecule has 1 atom stereocenters. The van der Waals surface area contributed by atoms with Crippen LogP contribution in [0.2, 0.25) is 0 Å². The predicted molar refractivity (Wildman–Crippen MR) is 67.6 cm³/mol. The molecule has 1 aromatic carbocycles. The third-order valence-electron chi connectivity index (χ3n) is 3.23. The lowest BCUT2D eigenvalue weighted by atomic mass is 10.0. The third kappa shape index (κ3) is 1.82. The summed E-state index contributed by atoms with van der Waals surface area (Å²) in [4.78, 5) is 15.7. The minimum Gasteiger partial charge on any atom is -0.481 e. The molecule has 88 valence electrons. The van der Waals surface area contributed by atoms with E-state index in [-0.39, 0.29) is 0 Å². The van der Waals surface area contributed by atoms with Gasteiger partial charge in [0.2, 0.25) is 0 Å². The van der Waals surface area contributed by atoms with Gasteiger partial charge in [0.05, 0.1) is 21.1 Å². The topological polar surface area (TPSA) is 50.2 Å². The molecule has 4 heteroatoms. The molecule has 17 heavy (non-hydrogen) atoms. The molecular weight excluding hydrogens is 234 g/mol. The van der Waals surface area contributed by atoms with Crippen molar-refractivity contribution in [3.8, 4) is 0 Å². The zero-order chi connectivity index (χ0) is 12.0. The molecular formula is C13H13NO2S. The maximum Gasteiger partial charge on any atom is 0.310 e. The highest BCUT2D eigenvalue weighted by Crippen LogP contribution is 2.44. The largest absolute Gasteiger partial charge is 0.481 e. The molecule has 3 nitrogen and oxygen atoms in total. The fourth-order valence-electron chi connectivity index (χ4n) is 1.97. The number of carbonyl (C=O) groups is 1. The number of thiazole rings is 1. The van der Waals surface area contributed by atoms with Crippen molar-refractivity contribution in [1.29, 1.82) is 0 Å². The fourth-order valence-corrected chi connectivity index (χ4v) is 3.15. The molecule has 1 saturated carbocycles. The van der Waals surface area contributed by atoms with E-state index in [9.17, 15) is 4.79 Å². The molecule has 0 bridgehead atoms. The summed E-state index contributed by atoms with van der Waals surface area (Å²) in [5.41, 5.74) is 1.72. The SMILES string of the molecule is CC(C(=O)O)c1cccc2sc(C3CC3)nc12. The average Bonchev–Trinajstić information content (AvgIpc) is 3.07. The highest BCUT2D eigenvalue weighted by molar-refractivity contribution is 7.18. The maximum absolute atomic E-state index is 11.1. The van der Waals surface area contributed by atoms with Gasteiger partial charge in [0.15, 0.2) is 0 Å². The monoisotopic (exact) mass is 247 g/mol. The molecule has 0 saturated heterocycles. The van der Waals surface area contributed by atoms with E-state index in [0.717, 1.165) is 15.8 Å². The van der Waals surface area contributed by atoms with Crippen LogP contribution >= 0.6 is 11.3 Å². The Morgan fingerprint density at radius 3 is 2.94 bits per heavy atom. The Morgan fingerprint density at radius 2 is 2.29 bits per heavy atom. The van der Waals surface area contributed by atoms with Gasteiger partial charge in [-0.25, -0.2) is 4.98 Å². The smallest absolute Gasteiger partial charge is 0.310 e. The van der Waals surface area contributed by atoms with E-state index < -0.39 is 11.9 Å². The number of hydrogen-bond acceptors (Lipinski definition) is 3. The van der Waals surface area contributed by atoms with Gasteiger partial charge >= 0.3 is 5.97 Å². The first-order valence-electron chi connectivity index (χ1n) is 5.79. The summed E-state index contributed by atoms with van der Waals surface area (Å²) in [7, 11) is 0. The van der Waals surface area contributed by atoms with Crippen LogP contribution in [0.5, 0.6) is 0 Å². The van der Waals surface area contributed by atoms with Crippen LogP contribution in [0.1, 0.15) is 42.2 Å². The summed E-state index contributed by atoms with van der Waals surface area (Å²) < 4.78 is 1.11. The van der Waals surface area contributed by atoms with Crippen molar-refractivity contribution in [3.05, 3.63) is 28.8 Å². The van der Waals surface area contributed by atoms with Crippen LogP contribution in [0.3, 0.4) is 0 Å². The molecule has 1 aliphatic carbocycles. The van der Waals surface area contributed by atoms with Gasteiger partial charge in [0.1, 0.15) is 0 Å². The summed E-state index contributed by atoms with van der Waals surface area (Å²) in [6, 6.07) is 5.82. The van der Waals surface area contributed by atoms with E-state index in [1.807, 2.05) is 18.2 Å². The number of para-hydroxylation sites is 1. The quantitative estimate of drug-likeness (QED) is 0.904. The van der Waals surface area contributed by atoms with Crippen molar-refractivity contribution in [2.45, 2.75) is 31.6 Å². The Balaban J connectivity index is 2.14. The minimum absolute atomic E-state index is 0.493. The minimum atomic E-state index is -0.793. The van der Waals surface area contributed by atoms with Gasteiger partial charge in [0, 0.05) is 5.92 Å². The lowest BCUT2D eigenvalue weighted by Crippen LogP contribution is -2.07. The van der Waals surface area contributed by atoms with E-state index >= 15 is 0 Å². The van der Waals surface area contributed by atoms with Gasteiger partial charge in [-0.3, -0.25) is 4.79 Å². The Labute approximate surface area is 103 Å². The lowest BCUT2D eigenvalue weighted by Gasteiger charge is -2.06. The highest BCUT2D eigenvalue weighted by Gasteiger charge is 2.28. The molecule has 0 spiro atoms. The highest BCUT2D eigenvalue weighted by atomic mass is 32.1. The van der Waals surface area contributed by atoms with Crippen molar-refractivity contribution >= 4 is 27.5 Å². The summed E-state index contributed by atoms with van der Waals surface area (Å²) in [5.74, 6) is -0.660. The standard InChI is InChI=1S/C13H13NO2S/c1-7(13(15)16)9-3-2-4-10-11(9)14-12(17-10)8-5-6-8/h2-4,7-8H,5-6H2,1H3,(H,15,16). The van der Waals surface area contributed by atoms with E-state index in [2.05, 4.69) is 4.98 Å². The van der Waals surface area contributed by atoms with Crippen LogP contribution in [0, 0.1) is 0 Å². The van der Waals surface area contributed by atoms with E-state index in [4.69, 9.17) is 5.11 Å². The number of benzene rings is 1. The number of aromatic nitrogens is 1. The number of carboxylic acids is 1. The number of hydrogen-bond donors (Lipinski definition) is 1. The Morgan fingerprint density at radius 1 is 1.53 bits per heavy atom. The van der Waals surface area contributed by atoms with Crippen molar-refractivity contribution in [3.63, 3.8) is 0 Å². The number of carboxylic acid groups (broad SMARTS) is 1. The van der Waals surface area contributed by atoms with E-state index in [1.54, 1.807) is 18.3 Å². The normalized spacial score (nSPS) is 17.2. The molecule has 3 rings (SSSR count). The van der Waals surface area contributed by atoms with Crippen LogP contribution in [-0.4, -0.2) is 16.1 Å². The van der Waals surface area contributed by atoms with Crippen LogP contribution in [-0.2, 0) is 4.79 Å². The molecule has 0 amide bonds. The van der Waals surface area contributed by atoms with Gasteiger partial charge in [-0.05, 0) is 31.4 Å². The lowest BCUT2D eigenvalue weighted by molar-refractivity contribution is -0.138. The van der Waals surface area contributed by atoms with Gasteiger partial charge in [0.25, 0.3) is 0 Å². The zero-order valence-corrected chi connectivity index (χ0v) is 10.3. The van der Waals surface area contributed by atoms with Gasteiger partial charge < -0.3 is 5.11 Å². The van der Waals surface area contributed by atoms with Crippen molar-refractivity contribution < 1.29 is 9.90 Å². The Kier molecular flexibility index (Phi) is 2.40. The predicted octanol–water partition coefficient (Wildman–Crippen LogP) is 3.36. The Hall–Kier alpha value is -1.42. The molecule has 1 aliphatic rings. The van der Waals surface area contributed by atoms with Crippen molar-refractivity contribution in [1.82, 2.24) is 4.98 Å². The number of nitrogens with zero attached hydrogens (tertiary/aromatic N) is 1. The summed E-state index contributed by atoms with van der Waals surface area (Å²) >= 11 is 1.71. The zero-order valence-electron chi connectivity index (χ0n) is 9.51. The van der Waals surface area contributed by atoms with Crippen molar-refractivity contribution in [2.24, 2.45) is 0 Å². The second-order valence-corrected chi connectivity index (χ2v) is 5.64. The Bertz CT molecular complexity index is 586. The maximum atomic E-state index is 11.1. The summed E-state index contributed by atoms with van der Waals surface area (Å²) in [6.07, 6.45) is 2.45. The molecule has 1 heterocycles. The second kappa shape index (κ2) is 3.81. The molecule has 1 unspecified atom stereocenters. The van der Waals surface area contributed by atoms with Gasteiger partial charge in [-0.1, -0.05) is 12.1 Å². The first-order valence-corrected chi connectivity index (χ1v) is 6.60. The van der Waals surface area contributed by atoms with Gasteiger partial charge in [-0.2, -0.15) is 0 Å². The van der Waals surface area contributed by atoms with Crippen LogP contribution < -0.4 is 0 Å². The van der Waals surface area contributed by atoms with Crippen LogP contribution in [0.15, 0.2) is 18.2 Å². The first-order chi connectivity index (χ1) is 8.16. The first kappa shape index (κ1) is 10.7. The second-order valence-electron chi connectivity index (χ2n) is 4.58. The van der Waals surface area contributed by atoms with E-state index in [1.165, 1.54) is 17.8 Å². The molecule has 0 radical (unpaired) electrons.